The van der Waals surface area contributed by atoms with Crippen LogP contribution in [-0.4, -0.2) is 23.1 Å². The fraction of sp³-hybridized carbons (Fsp3) is 0.571. The van der Waals surface area contributed by atoms with Gasteiger partial charge in [0.05, 0.1) is 6.10 Å². The molecule has 2 rings (SSSR count). The van der Waals surface area contributed by atoms with E-state index >= 15 is 0 Å². The standard InChI is InChI=1S/C14H21NO/c1-12(16)14-8-4-3-7-13(14)11-15-9-5-2-6-10-15/h3-4,7-8,12,16H,2,5-6,9-11H2,1H3. The van der Waals surface area contributed by atoms with E-state index < -0.39 is 0 Å². The highest BCUT2D eigenvalue weighted by Crippen LogP contribution is 2.20. The molecule has 1 heterocycles. The first-order valence-electron chi connectivity index (χ1n) is 6.25. The predicted octanol–water partition coefficient (Wildman–Crippen LogP) is 2.73. The van der Waals surface area contributed by atoms with Crippen LogP contribution in [0.25, 0.3) is 0 Å². The fourth-order valence-electron chi connectivity index (χ4n) is 2.44. The quantitative estimate of drug-likeness (QED) is 0.845. The summed E-state index contributed by atoms with van der Waals surface area (Å²) < 4.78 is 0. The summed E-state index contributed by atoms with van der Waals surface area (Å²) in [6.07, 6.45) is 3.64. The molecule has 16 heavy (non-hydrogen) atoms. The van der Waals surface area contributed by atoms with E-state index in [-0.39, 0.29) is 6.10 Å². The molecule has 0 aromatic heterocycles. The minimum atomic E-state index is -0.360. The van der Waals surface area contributed by atoms with E-state index in [2.05, 4.69) is 17.0 Å². The number of piperidine rings is 1. The number of hydrogen-bond donors (Lipinski definition) is 1. The summed E-state index contributed by atoms with van der Waals surface area (Å²) in [7, 11) is 0. The monoisotopic (exact) mass is 219 g/mol. The number of benzene rings is 1. The zero-order valence-electron chi connectivity index (χ0n) is 10.0. The maximum Gasteiger partial charge on any atom is 0.0765 e. The Morgan fingerprint density at radius 1 is 1.19 bits per heavy atom. The highest BCUT2D eigenvalue weighted by atomic mass is 16.3. The van der Waals surface area contributed by atoms with Crippen molar-refractivity contribution in [2.24, 2.45) is 0 Å². The van der Waals surface area contributed by atoms with Crippen LogP contribution in [0.3, 0.4) is 0 Å². The topological polar surface area (TPSA) is 23.5 Å². The number of rotatable bonds is 3. The number of nitrogens with zero attached hydrogens (tertiary/aromatic N) is 1. The molecule has 1 aliphatic rings. The van der Waals surface area contributed by atoms with Crippen LogP contribution in [0.2, 0.25) is 0 Å². The van der Waals surface area contributed by atoms with Crippen LogP contribution in [0, 0.1) is 0 Å². The van der Waals surface area contributed by atoms with Gasteiger partial charge in [0.25, 0.3) is 0 Å². The van der Waals surface area contributed by atoms with Crippen molar-refractivity contribution >= 4 is 0 Å². The summed E-state index contributed by atoms with van der Waals surface area (Å²) in [5.41, 5.74) is 2.35. The van der Waals surface area contributed by atoms with Gasteiger partial charge in [-0.05, 0) is 44.0 Å². The Morgan fingerprint density at radius 3 is 2.56 bits per heavy atom. The van der Waals surface area contributed by atoms with Crippen LogP contribution in [-0.2, 0) is 6.54 Å². The third kappa shape index (κ3) is 2.83. The van der Waals surface area contributed by atoms with Crippen molar-refractivity contribution in [3.63, 3.8) is 0 Å². The van der Waals surface area contributed by atoms with Gasteiger partial charge in [0, 0.05) is 6.54 Å². The lowest BCUT2D eigenvalue weighted by Crippen LogP contribution is -2.29. The molecule has 0 saturated carbocycles. The first-order valence-corrected chi connectivity index (χ1v) is 6.25. The smallest absolute Gasteiger partial charge is 0.0765 e. The Kier molecular flexibility index (Phi) is 3.97. The molecule has 0 amide bonds. The summed E-state index contributed by atoms with van der Waals surface area (Å²) in [6, 6.07) is 8.23. The van der Waals surface area contributed by atoms with E-state index in [0.29, 0.717) is 0 Å². The van der Waals surface area contributed by atoms with Gasteiger partial charge in [0.1, 0.15) is 0 Å². The minimum absolute atomic E-state index is 0.360. The molecule has 1 unspecified atom stereocenters. The van der Waals surface area contributed by atoms with E-state index in [9.17, 15) is 5.11 Å². The van der Waals surface area contributed by atoms with Gasteiger partial charge in [0.2, 0.25) is 0 Å². The second kappa shape index (κ2) is 5.46. The van der Waals surface area contributed by atoms with E-state index in [1.807, 2.05) is 19.1 Å². The van der Waals surface area contributed by atoms with Gasteiger partial charge in [0.15, 0.2) is 0 Å². The van der Waals surface area contributed by atoms with Gasteiger partial charge < -0.3 is 5.11 Å². The van der Waals surface area contributed by atoms with E-state index in [1.54, 1.807) is 0 Å². The second-order valence-corrected chi connectivity index (χ2v) is 4.71. The van der Waals surface area contributed by atoms with Crippen LogP contribution in [0.5, 0.6) is 0 Å². The summed E-state index contributed by atoms with van der Waals surface area (Å²) in [4.78, 5) is 2.49. The fourth-order valence-corrected chi connectivity index (χ4v) is 2.44. The molecule has 1 atom stereocenters. The number of aliphatic hydroxyl groups excluding tert-OH is 1. The Hall–Kier alpha value is -0.860. The van der Waals surface area contributed by atoms with Crippen molar-refractivity contribution in [3.8, 4) is 0 Å². The second-order valence-electron chi connectivity index (χ2n) is 4.71. The third-order valence-electron chi connectivity index (χ3n) is 3.35. The van der Waals surface area contributed by atoms with Gasteiger partial charge >= 0.3 is 0 Å². The van der Waals surface area contributed by atoms with Crippen molar-refractivity contribution < 1.29 is 5.11 Å². The average Bonchev–Trinajstić information content (AvgIpc) is 2.31. The van der Waals surface area contributed by atoms with Gasteiger partial charge in [-0.25, -0.2) is 0 Å². The van der Waals surface area contributed by atoms with Crippen LogP contribution in [0.15, 0.2) is 24.3 Å². The predicted molar refractivity (Wildman–Crippen MR) is 66.2 cm³/mol. The van der Waals surface area contributed by atoms with Gasteiger partial charge in [-0.3, -0.25) is 4.90 Å². The molecule has 1 N–H and O–H groups in total. The first-order chi connectivity index (χ1) is 7.77. The number of aliphatic hydroxyl groups is 1. The Morgan fingerprint density at radius 2 is 1.88 bits per heavy atom. The maximum absolute atomic E-state index is 9.72. The molecule has 0 radical (unpaired) electrons. The summed E-state index contributed by atoms with van der Waals surface area (Å²) in [5, 5.41) is 9.72. The molecule has 0 aliphatic carbocycles. The van der Waals surface area contributed by atoms with Gasteiger partial charge in [-0.1, -0.05) is 30.7 Å². The summed E-state index contributed by atoms with van der Waals surface area (Å²) in [6.45, 7) is 5.23. The minimum Gasteiger partial charge on any atom is -0.389 e. The molecule has 88 valence electrons. The van der Waals surface area contributed by atoms with Crippen molar-refractivity contribution in [1.29, 1.82) is 0 Å². The van der Waals surface area contributed by atoms with Crippen molar-refractivity contribution in [3.05, 3.63) is 35.4 Å². The molecule has 1 saturated heterocycles. The van der Waals surface area contributed by atoms with Crippen LogP contribution in [0.1, 0.15) is 43.4 Å². The highest BCUT2D eigenvalue weighted by molar-refractivity contribution is 5.28. The van der Waals surface area contributed by atoms with Crippen LogP contribution >= 0.6 is 0 Å². The molecular formula is C14H21NO. The Labute approximate surface area is 97.9 Å². The van der Waals surface area contributed by atoms with E-state index in [0.717, 1.165) is 12.1 Å². The summed E-state index contributed by atoms with van der Waals surface area (Å²) >= 11 is 0. The number of likely N-dealkylation sites (tertiary alicyclic amines) is 1. The summed E-state index contributed by atoms with van der Waals surface area (Å²) in [5.74, 6) is 0. The van der Waals surface area contributed by atoms with E-state index in [4.69, 9.17) is 0 Å². The molecule has 1 aromatic rings. The molecular weight excluding hydrogens is 198 g/mol. The van der Waals surface area contributed by atoms with Gasteiger partial charge in [-0.15, -0.1) is 0 Å². The Bertz CT molecular complexity index is 329. The number of hydrogen-bond acceptors (Lipinski definition) is 2. The highest BCUT2D eigenvalue weighted by Gasteiger charge is 2.13. The zero-order valence-corrected chi connectivity index (χ0v) is 10.0. The zero-order chi connectivity index (χ0) is 11.4. The molecule has 0 spiro atoms. The van der Waals surface area contributed by atoms with E-state index in [1.165, 1.54) is 37.9 Å². The molecule has 0 bridgehead atoms. The molecule has 1 aromatic carbocycles. The normalized spacial score (nSPS) is 19.6. The van der Waals surface area contributed by atoms with Crippen molar-refractivity contribution in [2.45, 2.75) is 38.8 Å². The van der Waals surface area contributed by atoms with Gasteiger partial charge in [-0.2, -0.15) is 0 Å². The van der Waals surface area contributed by atoms with Crippen LogP contribution in [0.4, 0.5) is 0 Å². The lowest BCUT2D eigenvalue weighted by molar-refractivity contribution is 0.190. The molecule has 1 aliphatic heterocycles. The van der Waals surface area contributed by atoms with Crippen molar-refractivity contribution in [2.75, 3.05) is 13.1 Å². The third-order valence-corrected chi connectivity index (χ3v) is 3.35. The van der Waals surface area contributed by atoms with Crippen LogP contribution < -0.4 is 0 Å². The van der Waals surface area contributed by atoms with Crippen molar-refractivity contribution in [1.82, 2.24) is 4.90 Å². The average molecular weight is 219 g/mol. The lowest BCUT2D eigenvalue weighted by Gasteiger charge is -2.27. The maximum atomic E-state index is 9.72. The first kappa shape index (κ1) is 11.6. The largest absolute Gasteiger partial charge is 0.389 e. The molecule has 2 heteroatoms. The SMILES string of the molecule is CC(O)c1ccccc1CN1CCCCC1. The molecule has 2 nitrogen and oxygen atoms in total. The molecule has 1 fully saturated rings. The lowest BCUT2D eigenvalue weighted by atomic mass is 10.0. The Balaban J connectivity index is 2.07.